The normalized spacial score (nSPS) is 25.8. The quantitative estimate of drug-likeness (QED) is 0.796. The lowest BCUT2D eigenvalue weighted by Crippen LogP contribution is -2.03. The van der Waals surface area contributed by atoms with Crippen molar-refractivity contribution in [3.63, 3.8) is 0 Å². The van der Waals surface area contributed by atoms with Crippen molar-refractivity contribution >= 4 is 25.8 Å². The fraction of sp³-hybridized carbons (Fsp3) is 0.778. The first-order valence-corrected chi connectivity index (χ1v) is 7.93. The van der Waals surface area contributed by atoms with Gasteiger partial charge >= 0.3 is 0 Å². The minimum Gasteiger partial charge on any atom is -0.424 e. The van der Waals surface area contributed by atoms with Crippen molar-refractivity contribution in [2.75, 3.05) is 11.5 Å². The molecule has 1 fully saturated rings. The van der Waals surface area contributed by atoms with Crippen LogP contribution in [0.2, 0.25) is 0 Å². The van der Waals surface area contributed by atoms with E-state index in [4.69, 9.17) is 4.42 Å². The Bertz CT molecular complexity index is 471. The molecule has 0 aromatic carbocycles. The fourth-order valence-corrected chi connectivity index (χ4v) is 3.62. The third-order valence-corrected chi connectivity index (χ3v) is 5.47. The zero-order chi connectivity index (χ0) is 11.8. The van der Waals surface area contributed by atoms with E-state index in [-0.39, 0.29) is 22.3 Å². The van der Waals surface area contributed by atoms with Gasteiger partial charge in [-0.15, -0.1) is 10.2 Å². The van der Waals surface area contributed by atoms with Crippen molar-refractivity contribution in [2.24, 2.45) is 0 Å². The molecular formula is C9H13BrN2O3S. The third kappa shape index (κ3) is 2.45. The summed E-state index contributed by atoms with van der Waals surface area (Å²) in [5, 5.41) is 7.84. The van der Waals surface area contributed by atoms with Crippen molar-refractivity contribution in [2.45, 2.75) is 30.5 Å². The van der Waals surface area contributed by atoms with Gasteiger partial charge in [-0.2, -0.15) is 0 Å². The summed E-state index contributed by atoms with van der Waals surface area (Å²) >= 11 is 3.41. The van der Waals surface area contributed by atoms with Crippen LogP contribution in [0.3, 0.4) is 0 Å². The lowest BCUT2D eigenvalue weighted by Gasteiger charge is -2.01. The van der Waals surface area contributed by atoms with E-state index in [1.165, 1.54) is 0 Å². The maximum atomic E-state index is 11.3. The summed E-state index contributed by atoms with van der Waals surface area (Å²) in [5.41, 5.74) is 0. The first-order chi connectivity index (χ1) is 7.52. The van der Waals surface area contributed by atoms with Crippen molar-refractivity contribution < 1.29 is 12.8 Å². The first-order valence-electron chi connectivity index (χ1n) is 5.19. The summed E-state index contributed by atoms with van der Waals surface area (Å²) in [6.07, 6.45) is 1.44. The molecule has 1 aromatic heterocycles. The molecule has 1 aliphatic rings. The molecule has 1 aliphatic heterocycles. The molecule has 0 bridgehead atoms. The van der Waals surface area contributed by atoms with Crippen LogP contribution in [0.25, 0.3) is 0 Å². The number of halogens is 1. The second kappa shape index (κ2) is 4.44. The van der Waals surface area contributed by atoms with Gasteiger partial charge in [0, 0.05) is 0 Å². The molecule has 2 heterocycles. The molecule has 0 radical (unpaired) electrons. The van der Waals surface area contributed by atoms with E-state index in [0.717, 1.165) is 6.42 Å². The standard InChI is InChI=1S/C9H13BrN2O3S/c1-2-7(10)9-12-11-8(15-9)6-3-4-16(13,14)5-6/h6-7H,2-5H2,1H3. The Balaban J connectivity index is 2.14. The van der Waals surface area contributed by atoms with Gasteiger partial charge in [0.15, 0.2) is 9.84 Å². The SMILES string of the molecule is CCC(Br)c1nnc(C2CCS(=O)(=O)C2)o1. The zero-order valence-corrected chi connectivity index (χ0v) is 11.3. The molecule has 90 valence electrons. The van der Waals surface area contributed by atoms with Gasteiger partial charge in [-0.05, 0) is 12.8 Å². The average molecular weight is 309 g/mol. The maximum Gasteiger partial charge on any atom is 0.230 e. The highest BCUT2D eigenvalue weighted by Gasteiger charge is 2.33. The number of aromatic nitrogens is 2. The topological polar surface area (TPSA) is 73.1 Å². The van der Waals surface area contributed by atoms with Gasteiger partial charge in [-0.3, -0.25) is 0 Å². The molecule has 2 atom stereocenters. The monoisotopic (exact) mass is 308 g/mol. The van der Waals surface area contributed by atoms with Gasteiger partial charge in [-0.1, -0.05) is 22.9 Å². The maximum absolute atomic E-state index is 11.3. The molecule has 0 amide bonds. The van der Waals surface area contributed by atoms with Crippen LogP contribution in [-0.4, -0.2) is 30.1 Å². The molecular weight excluding hydrogens is 296 g/mol. The summed E-state index contributed by atoms with van der Waals surface area (Å²) in [6, 6.07) is 0. The summed E-state index contributed by atoms with van der Waals surface area (Å²) < 4.78 is 28.1. The van der Waals surface area contributed by atoms with Crippen LogP contribution in [0.4, 0.5) is 0 Å². The second-order valence-corrected chi connectivity index (χ2v) is 7.29. The zero-order valence-electron chi connectivity index (χ0n) is 8.89. The molecule has 5 nitrogen and oxygen atoms in total. The van der Waals surface area contributed by atoms with Crippen LogP contribution in [0.5, 0.6) is 0 Å². The Morgan fingerprint density at radius 2 is 2.31 bits per heavy atom. The third-order valence-electron chi connectivity index (χ3n) is 2.66. The van der Waals surface area contributed by atoms with E-state index in [1.807, 2.05) is 6.92 Å². The largest absolute Gasteiger partial charge is 0.424 e. The number of nitrogens with zero attached hydrogens (tertiary/aromatic N) is 2. The summed E-state index contributed by atoms with van der Waals surface area (Å²) in [5.74, 6) is 1.22. The molecule has 0 spiro atoms. The van der Waals surface area contributed by atoms with Crippen LogP contribution in [0.15, 0.2) is 4.42 Å². The summed E-state index contributed by atoms with van der Waals surface area (Å²) in [6.45, 7) is 2.00. The number of alkyl halides is 1. The average Bonchev–Trinajstić information content (AvgIpc) is 2.83. The van der Waals surface area contributed by atoms with Gasteiger partial charge in [0.1, 0.15) is 0 Å². The Labute approximate surface area is 103 Å². The Kier molecular flexibility index (Phi) is 3.34. The van der Waals surface area contributed by atoms with Crippen LogP contribution in [0.1, 0.15) is 42.3 Å². The molecule has 2 unspecified atom stereocenters. The number of hydrogen-bond acceptors (Lipinski definition) is 5. The summed E-state index contributed by atoms with van der Waals surface area (Å²) in [4.78, 5) is 0.0479. The molecule has 0 aliphatic carbocycles. The van der Waals surface area contributed by atoms with Crippen molar-refractivity contribution in [1.29, 1.82) is 0 Å². The van der Waals surface area contributed by atoms with E-state index in [2.05, 4.69) is 26.1 Å². The van der Waals surface area contributed by atoms with Crippen molar-refractivity contribution in [3.8, 4) is 0 Å². The van der Waals surface area contributed by atoms with E-state index in [9.17, 15) is 8.42 Å². The Hall–Kier alpha value is -0.430. The molecule has 0 saturated carbocycles. The predicted molar refractivity (Wildman–Crippen MR) is 62.3 cm³/mol. The van der Waals surface area contributed by atoms with Gasteiger partial charge in [0.05, 0.1) is 22.3 Å². The number of sulfone groups is 1. The molecule has 7 heteroatoms. The molecule has 1 aromatic rings. The molecule has 2 rings (SSSR count). The van der Waals surface area contributed by atoms with Crippen LogP contribution in [0, 0.1) is 0 Å². The number of hydrogen-bond donors (Lipinski definition) is 0. The highest BCUT2D eigenvalue weighted by Crippen LogP contribution is 2.31. The highest BCUT2D eigenvalue weighted by atomic mass is 79.9. The lowest BCUT2D eigenvalue weighted by atomic mass is 10.1. The second-order valence-electron chi connectivity index (χ2n) is 3.95. The van der Waals surface area contributed by atoms with Gasteiger partial charge in [-0.25, -0.2) is 8.42 Å². The summed E-state index contributed by atoms with van der Waals surface area (Å²) in [7, 11) is -2.90. The van der Waals surface area contributed by atoms with Crippen molar-refractivity contribution in [1.82, 2.24) is 10.2 Å². The predicted octanol–water partition coefficient (Wildman–Crippen LogP) is 1.82. The van der Waals surface area contributed by atoms with Gasteiger partial charge in [0.2, 0.25) is 11.8 Å². The van der Waals surface area contributed by atoms with Crippen molar-refractivity contribution in [3.05, 3.63) is 11.8 Å². The van der Waals surface area contributed by atoms with E-state index >= 15 is 0 Å². The fourth-order valence-electron chi connectivity index (χ4n) is 1.70. The lowest BCUT2D eigenvalue weighted by molar-refractivity contribution is 0.422. The van der Waals surface area contributed by atoms with Crippen LogP contribution < -0.4 is 0 Å². The van der Waals surface area contributed by atoms with Crippen LogP contribution >= 0.6 is 15.9 Å². The first kappa shape index (κ1) is 12.0. The molecule has 16 heavy (non-hydrogen) atoms. The van der Waals surface area contributed by atoms with Gasteiger partial charge < -0.3 is 4.42 Å². The van der Waals surface area contributed by atoms with E-state index < -0.39 is 9.84 Å². The minimum atomic E-state index is -2.90. The van der Waals surface area contributed by atoms with E-state index in [0.29, 0.717) is 18.2 Å². The van der Waals surface area contributed by atoms with E-state index in [1.54, 1.807) is 0 Å². The molecule has 1 saturated heterocycles. The number of rotatable bonds is 3. The Morgan fingerprint density at radius 3 is 2.88 bits per heavy atom. The smallest absolute Gasteiger partial charge is 0.230 e. The minimum absolute atomic E-state index is 0.0479. The van der Waals surface area contributed by atoms with Crippen LogP contribution in [-0.2, 0) is 9.84 Å². The van der Waals surface area contributed by atoms with Gasteiger partial charge in [0.25, 0.3) is 0 Å². The highest BCUT2D eigenvalue weighted by molar-refractivity contribution is 9.09. The Morgan fingerprint density at radius 1 is 1.56 bits per heavy atom. The molecule has 0 N–H and O–H groups in total.